The summed E-state index contributed by atoms with van der Waals surface area (Å²) >= 11 is 5.90. The number of anilines is 1. The maximum absolute atomic E-state index is 13.4. The van der Waals surface area contributed by atoms with Crippen molar-refractivity contribution in [1.29, 1.82) is 0 Å². The van der Waals surface area contributed by atoms with Crippen molar-refractivity contribution in [2.45, 2.75) is 25.8 Å². The van der Waals surface area contributed by atoms with Crippen LogP contribution in [0.1, 0.15) is 30.5 Å². The number of nitrogens with one attached hydrogen (secondary N) is 1. The van der Waals surface area contributed by atoms with Gasteiger partial charge in [0, 0.05) is 17.1 Å². The summed E-state index contributed by atoms with van der Waals surface area (Å²) in [6.07, 6.45) is 1.85. The van der Waals surface area contributed by atoms with E-state index in [2.05, 4.69) is 24.4 Å². The Morgan fingerprint density at radius 3 is 2.90 bits per heavy atom. The van der Waals surface area contributed by atoms with Crippen LogP contribution < -0.4 is 10.1 Å². The van der Waals surface area contributed by atoms with Gasteiger partial charge in [0.1, 0.15) is 11.6 Å². The average Bonchev–Trinajstić information content (AvgIpc) is 2.91. The highest BCUT2D eigenvalue weighted by molar-refractivity contribution is 6.30. The minimum absolute atomic E-state index is 0.119. The maximum atomic E-state index is 13.4. The smallest absolute Gasteiger partial charge is 0.126 e. The number of benzene rings is 2. The van der Waals surface area contributed by atoms with Gasteiger partial charge < -0.3 is 10.1 Å². The van der Waals surface area contributed by atoms with Crippen molar-refractivity contribution < 1.29 is 9.13 Å². The lowest BCUT2D eigenvalue weighted by molar-refractivity contribution is 0.357. The van der Waals surface area contributed by atoms with Crippen LogP contribution in [0.4, 0.5) is 10.1 Å². The van der Waals surface area contributed by atoms with Crippen LogP contribution in [0.15, 0.2) is 36.4 Å². The molecule has 21 heavy (non-hydrogen) atoms. The fourth-order valence-corrected chi connectivity index (χ4v) is 2.90. The van der Waals surface area contributed by atoms with Gasteiger partial charge >= 0.3 is 0 Å². The van der Waals surface area contributed by atoms with Crippen LogP contribution >= 0.6 is 11.6 Å². The Hall–Kier alpha value is -1.74. The molecular formula is C17H17ClFNO. The van der Waals surface area contributed by atoms with Gasteiger partial charge in [-0.05, 0) is 47.9 Å². The lowest BCUT2D eigenvalue weighted by Gasteiger charge is -2.19. The van der Waals surface area contributed by atoms with Crippen LogP contribution in [0.25, 0.3) is 0 Å². The van der Waals surface area contributed by atoms with Gasteiger partial charge in [-0.15, -0.1) is 0 Å². The molecule has 110 valence electrons. The topological polar surface area (TPSA) is 21.3 Å². The molecule has 0 fully saturated rings. The molecule has 0 bridgehead atoms. The predicted octanol–water partition coefficient (Wildman–Crippen LogP) is 4.98. The van der Waals surface area contributed by atoms with Gasteiger partial charge in [0.2, 0.25) is 0 Å². The fourth-order valence-electron chi connectivity index (χ4n) is 2.68. The molecular weight excluding hydrogens is 289 g/mol. The van der Waals surface area contributed by atoms with E-state index in [1.165, 1.54) is 23.3 Å². The van der Waals surface area contributed by atoms with E-state index < -0.39 is 0 Å². The second-order valence-electron chi connectivity index (χ2n) is 5.23. The van der Waals surface area contributed by atoms with Gasteiger partial charge in [-0.25, -0.2) is 4.39 Å². The molecule has 3 rings (SSSR count). The summed E-state index contributed by atoms with van der Waals surface area (Å²) in [5, 5.41) is 3.75. The third-order valence-electron chi connectivity index (χ3n) is 3.73. The summed E-state index contributed by atoms with van der Waals surface area (Å²) in [6.45, 7) is 2.85. The molecule has 2 aromatic rings. The summed E-state index contributed by atoms with van der Waals surface area (Å²) in [6, 6.07) is 10.9. The highest BCUT2D eigenvalue weighted by atomic mass is 35.5. The number of hydrogen-bond donors (Lipinski definition) is 1. The highest BCUT2D eigenvalue weighted by Crippen LogP contribution is 2.31. The van der Waals surface area contributed by atoms with Crippen LogP contribution in [0, 0.1) is 5.82 Å². The molecule has 0 spiro atoms. The Bertz CT molecular complexity index is 639. The number of fused-ring (bicyclic) bond motifs is 1. The zero-order chi connectivity index (χ0) is 14.8. The molecule has 2 nitrogen and oxygen atoms in total. The Morgan fingerprint density at radius 2 is 2.14 bits per heavy atom. The van der Waals surface area contributed by atoms with Gasteiger partial charge in [0.15, 0.2) is 0 Å². The zero-order valence-electron chi connectivity index (χ0n) is 11.8. The van der Waals surface area contributed by atoms with Crippen LogP contribution in [-0.4, -0.2) is 6.61 Å². The van der Waals surface area contributed by atoms with Crippen molar-refractivity contribution in [3.63, 3.8) is 0 Å². The first-order valence-corrected chi connectivity index (χ1v) is 7.52. The number of ether oxygens (including phenoxy) is 1. The third kappa shape index (κ3) is 3.13. The summed E-state index contributed by atoms with van der Waals surface area (Å²) < 4.78 is 19.0. The first-order valence-electron chi connectivity index (χ1n) is 7.14. The predicted molar refractivity (Wildman–Crippen MR) is 83.7 cm³/mol. The minimum Gasteiger partial charge on any atom is -0.493 e. The molecule has 2 aromatic carbocycles. The molecule has 1 aliphatic heterocycles. The van der Waals surface area contributed by atoms with Crippen LogP contribution in [0.2, 0.25) is 5.02 Å². The van der Waals surface area contributed by atoms with Crippen molar-refractivity contribution in [3.8, 4) is 5.75 Å². The third-order valence-corrected chi connectivity index (χ3v) is 3.95. The fraction of sp³-hybridized carbons (Fsp3) is 0.294. The van der Waals surface area contributed by atoms with E-state index in [1.807, 2.05) is 6.07 Å². The van der Waals surface area contributed by atoms with Crippen LogP contribution in [0.3, 0.4) is 0 Å². The first kappa shape index (κ1) is 14.2. The average molecular weight is 306 g/mol. The quantitative estimate of drug-likeness (QED) is 0.860. The van der Waals surface area contributed by atoms with Gasteiger partial charge in [0.25, 0.3) is 0 Å². The van der Waals surface area contributed by atoms with Crippen molar-refractivity contribution >= 4 is 17.3 Å². The van der Waals surface area contributed by atoms with Gasteiger partial charge in [0.05, 0.1) is 12.6 Å². The number of hydrogen-bond acceptors (Lipinski definition) is 2. The first-order chi connectivity index (χ1) is 10.2. The van der Waals surface area contributed by atoms with E-state index in [4.69, 9.17) is 16.3 Å². The van der Waals surface area contributed by atoms with Crippen molar-refractivity contribution in [1.82, 2.24) is 0 Å². The van der Waals surface area contributed by atoms with Gasteiger partial charge in [-0.2, -0.15) is 0 Å². The molecule has 0 saturated heterocycles. The Labute approximate surface area is 128 Å². The Kier molecular flexibility index (Phi) is 4.02. The molecule has 0 saturated carbocycles. The highest BCUT2D eigenvalue weighted by Gasteiger charge is 2.16. The largest absolute Gasteiger partial charge is 0.493 e. The van der Waals surface area contributed by atoms with Gasteiger partial charge in [-0.1, -0.05) is 24.6 Å². The number of rotatable bonds is 4. The summed E-state index contributed by atoms with van der Waals surface area (Å²) in [5.41, 5.74) is 3.12. The lowest BCUT2D eigenvalue weighted by Crippen LogP contribution is -2.10. The molecule has 0 amide bonds. The van der Waals surface area contributed by atoms with E-state index in [1.54, 1.807) is 6.07 Å². The maximum Gasteiger partial charge on any atom is 0.126 e. The SMILES string of the molecule is CCC(Nc1cc(F)cc(Cl)c1)c1ccc2c(c1)CCO2. The van der Waals surface area contributed by atoms with E-state index in [-0.39, 0.29) is 11.9 Å². The van der Waals surface area contributed by atoms with Crippen molar-refractivity contribution in [2.75, 3.05) is 11.9 Å². The van der Waals surface area contributed by atoms with Crippen molar-refractivity contribution in [2.24, 2.45) is 0 Å². The van der Waals surface area contributed by atoms with E-state index in [9.17, 15) is 4.39 Å². The molecule has 1 unspecified atom stereocenters. The van der Waals surface area contributed by atoms with E-state index in [0.29, 0.717) is 10.7 Å². The number of halogens is 2. The molecule has 1 heterocycles. The van der Waals surface area contributed by atoms with E-state index in [0.717, 1.165) is 25.2 Å². The van der Waals surface area contributed by atoms with Gasteiger partial charge in [-0.3, -0.25) is 0 Å². The monoisotopic (exact) mass is 305 g/mol. The summed E-state index contributed by atoms with van der Waals surface area (Å²) in [5.74, 6) is 0.643. The summed E-state index contributed by atoms with van der Waals surface area (Å²) in [4.78, 5) is 0. The molecule has 0 aromatic heterocycles. The van der Waals surface area contributed by atoms with Crippen LogP contribution in [-0.2, 0) is 6.42 Å². The second-order valence-corrected chi connectivity index (χ2v) is 5.67. The minimum atomic E-state index is -0.331. The molecule has 0 radical (unpaired) electrons. The molecule has 1 N–H and O–H groups in total. The van der Waals surface area contributed by atoms with E-state index >= 15 is 0 Å². The normalized spacial score (nSPS) is 14.4. The van der Waals surface area contributed by atoms with Crippen molar-refractivity contribution in [3.05, 3.63) is 58.4 Å². The second kappa shape index (κ2) is 5.94. The Balaban J connectivity index is 1.84. The molecule has 4 heteroatoms. The molecule has 1 aliphatic rings. The summed E-state index contributed by atoms with van der Waals surface area (Å²) in [7, 11) is 0. The standard InChI is InChI=1S/C17H17ClFNO/c1-2-16(20-15-9-13(18)8-14(19)10-15)11-3-4-17-12(7-11)5-6-21-17/h3-4,7-10,16,20H,2,5-6H2,1H3. The zero-order valence-corrected chi connectivity index (χ0v) is 12.6. The Morgan fingerprint density at radius 1 is 1.29 bits per heavy atom. The lowest BCUT2D eigenvalue weighted by atomic mass is 10.0. The van der Waals surface area contributed by atoms with Crippen LogP contribution in [0.5, 0.6) is 5.75 Å². The molecule has 1 atom stereocenters. The molecule has 0 aliphatic carbocycles.